The first-order valence-corrected chi connectivity index (χ1v) is 6.44. The normalized spacial score (nSPS) is 20.4. The second kappa shape index (κ2) is 5.54. The highest BCUT2D eigenvalue weighted by Gasteiger charge is 2.38. The van der Waals surface area contributed by atoms with Gasteiger partial charge in [0.2, 0.25) is 5.91 Å². The molecule has 0 aliphatic carbocycles. The zero-order valence-corrected chi connectivity index (χ0v) is 11.1. The molecule has 2 heterocycles. The fourth-order valence-electron chi connectivity index (χ4n) is 2.20. The molecule has 0 bridgehead atoms. The van der Waals surface area contributed by atoms with Gasteiger partial charge in [-0.3, -0.25) is 9.78 Å². The molecule has 0 radical (unpaired) electrons. The summed E-state index contributed by atoms with van der Waals surface area (Å²) in [6, 6.07) is 5.76. The molecule has 1 N–H and O–H groups in total. The van der Waals surface area contributed by atoms with E-state index in [0.29, 0.717) is 12.8 Å². The fourth-order valence-corrected chi connectivity index (χ4v) is 2.44. The molecule has 2 atom stereocenters. The number of amides is 1. The third-order valence-electron chi connectivity index (χ3n) is 3.15. The minimum atomic E-state index is -0.709. The van der Waals surface area contributed by atoms with E-state index in [1.54, 1.807) is 13.1 Å². The number of hydrogen-bond donors (Lipinski definition) is 1. The van der Waals surface area contributed by atoms with Crippen molar-refractivity contribution >= 4 is 23.0 Å². The number of hydrogen-bond acceptors (Lipinski definition) is 4. The molecule has 0 aromatic carbocycles. The Morgan fingerprint density at radius 3 is 3.00 bits per heavy atom. The number of carbonyl (C=O) groups is 1. The van der Waals surface area contributed by atoms with Crippen LogP contribution in [0.1, 0.15) is 31.9 Å². The maximum Gasteiger partial charge on any atom is 0.226 e. The van der Waals surface area contributed by atoms with Crippen LogP contribution in [0.25, 0.3) is 0 Å². The number of nitrogens with zero attached hydrogens (tertiary/aromatic N) is 2. The highest BCUT2D eigenvalue weighted by molar-refractivity contribution is 7.80. The average molecular weight is 264 g/mol. The average Bonchev–Trinajstić information content (AvgIpc) is 2.34. The summed E-state index contributed by atoms with van der Waals surface area (Å²) < 4.78 is 0. The number of β-lactam (4-membered cyclic amide) rings is 1. The van der Waals surface area contributed by atoms with Crippen LogP contribution in [0.15, 0.2) is 24.4 Å². The maximum atomic E-state index is 11.3. The van der Waals surface area contributed by atoms with Crippen molar-refractivity contribution in [3.8, 4) is 0 Å². The molecular formula is C13H16N2O2S. The number of aliphatic hydroxyl groups excluding tert-OH is 1. The highest BCUT2D eigenvalue weighted by Crippen LogP contribution is 2.25. The summed E-state index contributed by atoms with van der Waals surface area (Å²) in [7, 11) is 0. The number of carbonyl (C=O) groups excluding carboxylic acids is 1. The van der Waals surface area contributed by atoms with Crippen LogP contribution in [0.2, 0.25) is 0 Å². The van der Waals surface area contributed by atoms with Gasteiger partial charge in [0.1, 0.15) is 6.23 Å². The summed E-state index contributed by atoms with van der Waals surface area (Å²) in [6.45, 7) is 1.61. The van der Waals surface area contributed by atoms with Crippen LogP contribution >= 0.6 is 12.2 Å². The van der Waals surface area contributed by atoms with Crippen LogP contribution in [-0.2, 0) is 4.79 Å². The van der Waals surface area contributed by atoms with Gasteiger partial charge in [-0.25, -0.2) is 0 Å². The molecule has 0 spiro atoms. The van der Waals surface area contributed by atoms with E-state index in [9.17, 15) is 9.90 Å². The Labute approximate surface area is 112 Å². The zero-order valence-electron chi connectivity index (χ0n) is 10.2. The molecule has 18 heavy (non-hydrogen) atoms. The van der Waals surface area contributed by atoms with Gasteiger partial charge in [0, 0.05) is 23.5 Å². The van der Waals surface area contributed by atoms with Crippen molar-refractivity contribution in [2.75, 3.05) is 0 Å². The fraction of sp³-hybridized carbons (Fsp3) is 0.462. The standard InChI is InChI=1S/C13H16N2O2S/c1-9(16)15-10(8-13(15)17)5-6-12(18)11-4-2-3-7-14-11/h2-4,7,9-10,16H,5-6,8H2,1H3/t9-,10?/m1/s1. The van der Waals surface area contributed by atoms with Crippen molar-refractivity contribution in [2.24, 2.45) is 0 Å². The summed E-state index contributed by atoms with van der Waals surface area (Å²) in [5, 5.41) is 9.46. The van der Waals surface area contributed by atoms with E-state index in [2.05, 4.69) is 4.98 Å². The second-order valence-corrected chi connectivity index (χ2v) is 4.96. The zero-order chi connectivity index (χ0) is 13.1. The van der Waals surface area contributed by atoms with Crippen LogP contribution in [0.5, 0.6) is 0 Å². The van der Waals surface area contributed by atoms with E-state index in [1.165, 1.54) is 4.90 Å². The lowest BCUT2D eigenvalue weighted by Crippen LogP contribution is -2.56. The van der Waals surface area contributed by atoms with Gasteiger partial charge < -0.3 is 10.0 Å². The Balaban J connectivity index is 1.86. The third-order valence-corrected chi connectivity index (χ3v) is 3.56. The predicted molar refractivity (Wildman–Crippen MR) is 72.1 cm³/mol. The molecule has 1 unspecified atom stereocenters. The Bertz CT molecular complexity index is 448. The molecule has 2 rings (SSSR count). The molecule has 96 valence electrons. The van der Waals surface area contributed by atoms with Crippen molar-refractivity contribution in [3.05, 3.63) is 30.1 Å². The lowest BCUT2D eigenvalue weighted by atomic mass is 9.95. The lowest BCUT2D eigenvalue weighted by Gasteiger charge is -2.42. The van der Waals surface area contributed by atoms with Gasteiger partial charge in [0.25, 0.3) is 0 Å². The molecular weight excluding hydrogens is 248 g/mol. The number of aromatic nitrogens is 1. The first-order valence-electron chi connectivity index (χ1n) is 6.03. The van der Waals surface area contributed by atoms with Gasteiger partial charge in [-0.1, -0.05) is 18.3 Å². The van der Waals surface area contributed by atoms with Gasteiger partial charge in [-0.05, 0) is 31.9 Å². The second-order valence-electron chi connectivity index (χ2n) is 4.47. The van der Waals surface area contributed by atoms with E-state index in [0.717, 1.165) is 17.0 Å². The summed E-state index contributed by atoms with van der Waals surface area (Å²) in [5.41, 5.74) is 0.821. The van der Waals surface area contributed by atoms with E-state index in [1.807, 2.05) is 18.2 Å². The topological polar surface area (TPSA) is 53.4 Å². The van der Waals surface area contributed by atoms with Crippen LogP contribution in [-0.4, -0.2) is 38.0 Å². The molecule has 1 amide bonds. The summed E-state index contributed by atoms with van der Waals surface area (Å²) in [6.07, 6.45) is 3.02. The number of rotatable bonds is 5. The van der Waals surface area contributed by atoms with Crippen molar-refractivity contribution in [2.45, 2.75) is 38.5 Å². The van der Waals surface area contributed by atoms with Crippen LogP contribution < -0.4 is 0 Å². The van der Waals surface area contributed by atoms with E-state index < -0.39 is 6.23 Å². The minimum absolute atomic E-state index is 0.0127. The van der Waals surface area contributed by atoms with Crippen LogP contribution in [0, 0.1) is 0 Å². The van der Waals surface area contributed by atoms with E-state index in [-0.39, 0.29) is 11.9 Å². The van der Waals surface area contributed by atoms with Crippen molar-refractivity contribution < 1.29 is 9.90 Å². The smallest absolute Gasteiger partial charge is 0.226 e. The van der Waals surface area contributed by atoms with Gasteiger partial charge >= 0.3 is 0 Å². The van der Waals surface area contributed by atoms with Crippen molar-refractivity contribution in [1.82, 2.24) is 9.88 Å². The Morgan fingerprint density at radius 2 is 2.44 bits per heavy atom. The number of aliphatic hydroxyl groups is 1. The molecule has 0 saturated carbocycles. The molecule has 1 aliphatic heterocycles. The summed E-state index contributed by atoms with van der Waals surface area (Å²) >= 11 is 5.32. The Morgan fingerprint density at radius 1 is 1.67 bits per heavy atom. The SMILES string of the molecule is C[C@@H](O)N1C(=O)CC1CCC(=S)c1ccccn1. The lowest BCUT2D eigenvalue weighted by molar-refractivity contribution is -0.161. The number of thiocarbonyl (C=S) groups is 1. The van der Waals surface area contributed by atoms with E-state index in [4.69, 9.17) is 12.2 Å². The summed E-state index contributed by atoms with van der Waals surface area (Å²) in [5.74, 6) is 0.0127. The third kappa shape index (κ3) is 2.73. The van der Waals surface area contributed by atoms with E-state index >= 15 is 0 Å². The van der Waals surface area contributed by atoms with Gasteiger partial charge in [0.05, 0.1) is 5.69 Å². The first kappa shape index (κ1) is 13.1. The molecule has 1 aromatic heterocycles. The van der Waals surface area contributed by atoms with Crippen molar-refractivity contribution in [3.63, 3.8) is 0 Å². The van der Waals surface area contributed by atoms with Gasteiger partial charge in [-0.2, -0.15) is 0 Å². The molecule has 1 fully saturated rings. The van der Waals surface area contributed by atoms with Gasteiger partial charge in [-0.15, -0.1) is 0 Å². The first-order chi connectivity index (χ1) is 8.59. The minimum Gasteiger partial charge on any atom is -0.374 e. The molecule has 4 nitrogen and oxygen atoms in total. The van der Waals surface area contributed by atoms with Crippen molar-refractivity contribution in [1.29, 1.82) is 0 Å². The predicted octanol–water partition coefficient (Wildman–Crippen LogP) is 1.52. The quantitative estimate of drug-likeness (QED) is 0.498. The monoisotopic (exact) mass is 264 g/mol. The van der Waals surface area contributed by atoms with Gasteiger partial charge in [0.15, 0.2) is 0 Å². The molecule has 1 aromatic rings. The van der Waals surface area contributed by atoms with Crippen LogP contribution in [0.3, 0.4) is 0 Å². The number of likely N-dealkylation sites (tertiary alicyclic amines) is 1. The maximum absolute atomic E-state index is 11.3. The molecule has 1 aliphatic rings. The molecule has 5 heteroatoms. The van der Waals surface area contributed by atoms with Crippen LogP contribution in [0.4, 0.5) is 0 Å². The summed E-state index contributed by atoms with van der Waals surface area (Å²) in [4.78, 5) is 17.8. The highest BCUT2D eigenvalue weighted by atomic mass is 32.1. The number of pyridine rings is 1. The molecule has 1 saturated heterocycles. The largest absolute Gasteiger partial charge is 0.374 e. The Hall–Kier alpha value is -1.33. The Kier molecular flexibility index (Phi) is 4.04.